The number of aliphatic hydroxyl groups is 1. The van der Waals surface area contributed by atoms with Crippen LogP contribution in [0.25, 0.3) is 0 Å². The average molecular weight is 289 g/mol. The van der Waals surface area contributed by atoms with E-state index in [-0.39, 0.29) is 0 Å². The standard InChI is InChI=1S/C15H23N3OSi/c1-20(2,3)10-9-15(19,11-18-13-16-12-17-18)14-7-5-4-6-8-14/h4-8,12-13,19H,9-11H2,1-3H3. The molecular formula is C15H23N3OSi. The van der Waals surface area contributed by atoms with Gasteiger partial charge >= 0.3 is 0 Å². The molecule has 0 aliphatic heterocycles. The van der Waals surface area contributed by atoms with Gasteiger partial charge in [0.2, 0.25) is 0 Å². The van der Waals surface area contributed by atoms with Crippen LogP contribution in [-0.4, -0.2) is 27.9 Å². The van der Waals surface area contributed by atoms with Gasteiger partial charge in [-0.1, -0.05) is 56.0 Å². The smallest absolute Gasteiger partial charge is 0.137 e. The molecule has 1 aromatic heterocycles. The molecule has 0 fully saturated rings. The van der Waals surface area contributed by atoms with E-state index < -0.39 is 13.7 Å². The Labute approximate surface area is 121 Å². The molecule has 0 saturated carbocycles. The second kappa shape index (κ2) is 5.89. The van der Waals surface area contributed by atoms with Crippen molar-refractivity contribution in [3.8, 4) is 0 Å². The molecule has 5 heteroatoms. The molecule has 1 aromatic carbocycles. The van der Waals surface area contributed by atoms with Crippen molar-refractivity contribution in [3.05, 3.63) is 48.5 Å². The van der Waals surface area contributed by atoms with Gasteiger partial charge in [-0.05, 0) is 12.0 Å². The minimum absolute atomic E-state index is 0.446. The van der Waals surface area contributed by atoms with Gasteiger partial charge in [0.25, 0.3) is 0 Å². The van der Waals surface area contributed by atoms with E-state index in [0.29, 0.717) is 6.54 Å². The van der Waals surface area contributed by atoms with Gasteiger partial charge in [0.15, 0.2) is 0 Å². The highest BCUT2D eigenvalue weighted by atomic mass is 28.3. The van der Waals surface area contributed by atoms with Crippen LogP contribution in [0.5, 0.6) is 0 Å². The van der Waals surface area contributed by atoms with Crippen LogP contribution in [0.3, 0.4) is 0 Å². The molecule has 0 spiro atoms. The van der Waals surface area contributed by atoms with Crippen molar-refractivity contribution in [2.24, 2.45) is 0 Å². The molecule has 0 saturated heterocycles. The second-order valence-electron chi connectivity index (χ2n) is 6.55. The van der Waals surface area contributed by atoms with Crippen LogP contribution in [0.15, 0.2) is 43.0 Å². The Morgan fingerprint density at radius 3 is 2.45 bits per heavy atom. The van der Waals surface area contributed by atoms with Gasteiger partial charge in [-0.3, -0.25) is 0 Å². The molecule has 2 aromatic rings. The summed E-state index contributed by atoms with van der Waals surface area (Å²) in [5.41, 5.74) is 0.0728. The lowest BCUT2D eigenvalue weighted by molar-refractivity contribution is 0.0106. The zero-order valence-electron chi connectivity index (χ0n) is 12.5. The number of rotatable bonds is 6. The monoisotopic (exact) mass is 289 g/mol. The largest absolute Gasteiger partial charge is 0.383 e. The van der Waals surface area contributed by atoms with Crippen molar-refractivity contribution in [2.45, 2.75) is 44.3 Å². The van der Waals surface area contributed by atoms with Gasteiger partial charge in [-0.25, -0.2) is 9.67 Å². The Morgan fingerprint density at radius 1 is 1.20 bits per heavy atom. The molecule has 0 aliphatic carbocycles. The van der Waals surface area contributed by atoms with Gasteiger partial charge in [-0.2, -0.15) is 5.10 Å². The van der Waals surface area contributed by atoms with Crippen LogP contribution in [0.4, 0.5) is 0 Å². The minimum atomic E-state index is -1.21. The SMILES string of the molecule is C[Si](C)(C)CCC(O)(Cn1cncn1)c1ccccc1. The van der Waals surface area contributed by atoms with Crippen molar-refractivity contribution >= 4 is 8.07 Å². The maximum absolute atomic E-state index is 11.2. The Morgan fingerprint density at radius 2 is 1.90 bits per heavy atom. The molecule has 20 heavy (non-hydrogen) atoms. The third-order valence-corrected chi connectivity index (χ3v) is 5.24. The van der Waals surface area contributed by atoms with E-state index >= 15 is 0 Å². The molecule has 0 amide bonds. The van der Waals surface area contributed by atoms with Gasteiger partial charge in [-0.15, -0.1) is 0 Å². The topological polar surface area (TPSA) is 50.9 Å². The van der Waals surface area contributed by atoms with Crippen LogP contribution < -0.4 is 0 Å². The Bertz CT molecular complexity index is 522. The molecule has 0 bridgehead atoms. The highest BCUT2D eigenvalue weighted by Gasteiger charge is 2.32. The van der Waals surface area contributed by atoms with Gasteiger partial charge in [0.1, 0.15) is 18.3 Å². The van der Waals surface area contributed by atoms with Crippen molar-refractivity contribution in [2.75, 3.05) is 0 Å². The van der Waals surface area contributed by atoms with Crippen molar-refractivity contribution < 1.29 is 5.11 Å². The molecule has 0 aliphatic rings. The first-order valence-electron chi connectivity index (χ1n) is 6.99. The fourth-order valence-electron chi connectivity index (χ4n) is 2.23. The zero-order valence-corrected chi connectivity index (χ0v) is 13.5. The molecule has 2 rings (SSSR count). The van der Waals surface area contributed by atoms with E-state index in [9.17, 15) is 5.11 Å². The molecule has 1 unspecified atom stereocenters. The van der Waals surface area contributed by atoms with Crippen LogP contribution >= 0.6 is 0 Å². The van der Waals surface area contributed by atoms with Crippen molar-refractivity contribution in [1.82, 2.24) is 14.8 Å². The van der Waals surface area contributed by atoms with Gasteiger partial charge < -0.3 is 5.11 Å². The normalized spacial score (nSPS) is 15.0. The van der Waals surface area contributed by atoms with Crippen LogP contribution in [0.1, 0.15) is 12.0 Å². The van der Waals surface area contributed by atoms with Crippen molar-refractivity contribution in [1.29, 1.82) is 0 Å². The van der Waals surface area contributed by atoms with E-state index in [1.165, 1.54) is 6.33 Å². The van der Waals surface area contributed by atoms with Gasteiger partial charge in [0, 0.05) is 8.07 Å². The molecule has 108 valence electrons. The summed E-state index contributed by atoms with van der Waals surface area (Å²) in [5, 5.41) is 15.3. The maximum atomic E-state index is 11.2. The van der Waals surface area contributed by atoms with Crippen molar-refractivity contribution in [3.63, 3.8) is 0 Å². The second-order valence-corrected chi connectivity index (χ2v) is 12.2. The first-order chi connectivity index (χ1) is 9.39. The molecule has 1 N–H and O–H groups in total. The molecular weight excluding hydrogens is 266 g/mol. The zero-order chi connectivity index (χ0) is 14.6. The fourth-order valence-corrected chi connectivity index (χ4v) is 3.39. The predicted octanol–water partition coefficient (Wildman–Crippen LogP) is 2.89. The number of nitrogens with zero attached hydrogens (tertiary/aromatic N) is 3. The summed E-state index contributed by atoms with van der Waals surface area (Å²) in [6.45, 7) is 7.43. The summed E-state index contributed by atoms with van der Waals surface area (Å²) < 4.78 is 1.71. The van der Waals surface area contributed by atoms with Crippen LogP contribution in [0.2, 0.25) is 25.7 Å². The van der Waals surface area contributed by atoms with Crippen LogP contribution in [0, 0.1) is 0 Å². The highest BCUT2D eigenvalue weighted by Crippen LogP contribution is 2.31. The minimum Gasteiger partial charge on any atom is -0.383 e. The number of hydrogen-bond acceptors (Lipinski definition) is 3. The summed E-state index contributed by atoms with van der Waals surface area (Å²) in [5.74, 6) is 0. The molecule has 0 radical (unpaired) electrons. The van der Waals surface area contributed by atoms with E-state index in [2.05, 4.69) is 29.7 Å². The lowest BCUT2D eigenvalue weighted by Gasteiger charge is -2.31. The van der Waals surface area contributed by atoms with Gasteiger partial charge in [0.05, 0.1) is 6.54 Å². The maximum Gasteiger partial charge on any atom is 0.137 e. The Balaban J connectivity index is 2.23. The third kappa shape index (κ3) is 4.01. The average Bonchev–Trinajstić information content (AvgIpc) is 2.89. The van der Waals surface area contributed by atoms with Crippen LogP contribution in [-0.2, 0) is 12.1 Å². The first-order valence-corrected chi connectivity index (χ1v) is 10.7. The Hall–Kier alpha value is -1.46. The van der Waals surface area contributed by atoms with E-state index in [0.717, 1.165) is 18.0 Å². The highest BCUT2D eigenvalue weighted by molar-refractivity contribution is 6.76. The summed E-state index contributed by atoms with van der Waals surface area (Å²) in [7, 11) is -1.21. The number of hydrogen-bond donors (Lipinski definition) is 1. The molecule has 1 atom stereocenters. The third-order valence-electron chi connectivity index (χ3n) is 3.49. The number of aromatic nitrogens is 3. The lowest BCUT2D eigenvalue weighted by atomic mass is 9.91. The first kappa shape index (κ1) is 14.9. The summed E-state index contributed by atoms with van der Waals surface area (Å²) in [6.07, 6.45) is 3.92. The molecule has 4 nitrogen and oxygen atoms in total. The number of benzene rings is 1. The summed E-state index contributed by atoms with van der Waals surface area (Å²) >= 11 is 0. The van der Waals surface area contributed by atoms with E-state index in [4.69, 9.17) is 0 Å². The van der Waals surface area contributed by atoms with E-state index in [1.54, 1.807) is 11.0 Å². The Kier molecular flexibility index (Phi) is 4.40. The van der Waals surface area contributed by atoms with E-state index in [1.807, 2.05) is 30.3 Å². The summed E-state index contributed by atoms with van der Waals surface area (Å²) in [6, 6.07) is 11.0. The lowest BCUT2D eigenvalue weighted by Crippen LogP contribution is -2.34. The molecule has 1 heterocycles. The quantitative estimate of drug-likeness (QED) is 0.832. The fraction of sp³-hybridized carbons (Fsp3) is 0.467. The summed E-state index contributed by atoms with van der Waals surface area (Å²) in [4.78, 5) is 3.96. The predicted molar refractivity (Wildman–Crippen MR) is 83.1 cm³/mol.